The topological polar surface area (TPSA) is 48.2 Å². The molecule has 0 fully saturated rings. The molecule has 215 valence electrons. The second-order valence-electron chi connectivity index (χ2n) is 10.5. The summed E-state index contributed by atoms with van der Waals surface area (Å²) < 4.78 is 13.0. The summed E-state index contributed by atoms with van der Waals surface area (Å²) in [6.07, 6.45) is 3.58. The van der Waals surface area contributed by atoms with Gasteiger partial charge in [-0.15, -0.1) is 54.1 Å². The van der Waals surface area contributed by atoms with Gasteiger partial charge >= 0.3 is 0 Å². The van der Waals surface area contributed by atoms with Crippen LogP contribution in [-0.2, 0) is 20.1 Å². The zero-order valence-electron chi connectivity index (χ0n) is 24.2. The van der Waals surface area contributed by atoms with Crippen molar-refractivity contribution < 1.29 is 29.3 Å². The summed E-state index contributed by atoms with van der Waals surface area (Å²) in [6.45, 7) is 4.29. The van der Waals surface area contributed by atoms with Crippen LogP contribution in [0.2, 0.25) is 0 Å². The number of para-hydroxylation sites is 1. The molecule has 1 aliphatic heterocycles. The van der Waals surface area contributed by atoms with E-state index >= 15 is 0 Å². The van der Waals surface area contributed by atoms with Crippen molar-refractivity contribution in [2.45, 2.75) is 13.8 Å². The molecule has 0 aliphatic carbocycles. The number of pyridine rings is 2. The second-order valence-corrected chi connectivity index (χ2v) is 10.5. The van der Waals surface area contributed by atoms with Crippen LogP contribution < -0.4 is 21.3 Å². The molecule has 4 heterocycles. The number of nitrogens with zero attached hydrogens (tertiary/aromatic N) is 2. The van der Waals surface area contributed by atoms with Crippen molar-refractivity contribution in [3.05, 3.63) is 151 Å². The maximum absolute atomic E-state index is 6.61. The summed E-state index contributed by atoms with van der Waals surface area (Å²) in [5.41, 5.74) is 10.2. The van der Waals surface area contributed by atoms with Crippen molar-refractivity contribution >= 4 is 34.3 Å². The van der Waals surface area contributed by atoms with Crippen LogP contribution in [0.15, 0.2) is 132 Å². The third-order valence-electron chi connectivity index (χ3n) is 7.74. The first kappa shape index (κ1) is 29.3. The normalized spacial score (nSPS) is 11.4. The van der Waals surface area contributed by atoms with Crippen LogP contribution in [0.5, 0.6) is 11.5 Å². The molecule has 8 rings (SSSR count). The number of aryl methyl sites for hydroxylation is 2. The molecule has 6 heteroatoms. The van der Waals surface area contributed by atoms with Crippen LogP contribution in [-0.4, -0.2) is 16.7 Å². The van der Waals surface area contributed by atoms with Gasteiger partial charge in [-0.25, -0.2) is 0 Å². The number of aromatic nitrogens is 2. The molecule has 0 saturated carbocycles. The molecule has 4 aromatic carbocycles. The van der Waals surface area contributed by atoms with E-state index in [1.165, 1.54) is 16.6 Å². The average Bonchev–Trinajstić information content (AvgIpc) is 3.44. The van der Waals surface area contributed by atoms with E-state index in [-0.39, 0.29) is 26.8 Å². The zero-order chi connectivity index (χ0) is 29.2. The molecule has 4 nitrogen and oxygen atoms in total. The molecular formula is C38H27BIrN2O2-2. The molecule has 1 aliphatic rings. The zero-order valence-corrected chi connectivity index (χ0v) is 26.6. The minimum atomic E-state index is -0.0369. The molecule has 0 amide bonds. The van der Waals surface area contributed by atoms with Gasteiger partial charge in [0.25, 0.3) is 6.71 Å². The number of fused-ring (bicyclic) bond motifs is 4. The molecule has 0 atom stereocenters. The van der Waals surface area contributed by atoms with Gasteiger partial charge in [-0.2, -0.15) is 0 Å². The number of rotatable bonds is 3. The number of furan rings is 1. The first-order valence-corrected chi connectivity index (χ1v) is 14.3. The molecule has 0 unspecified atom stereocenters. The van der Waals surface area contributed by atoms with Crippen molar-refractivity contribution in [3.8, 4) is 34.0 Å². The van der Waals surface area contributed by atoms with Gasteiger partial charge in [0, 0.05) is 32.5 Å². The predicted molar refractivity (Wildman–Crippen MR) is 174 cm³/mol. The van der Waals surface area contributed by atoms with E-state index in [1.54, 1.807) is 12.4 Å². The quantitative estimate of drug-likeness (QED) is 0.143. The van der Waals surface area contributed by atoms with Gasteiger partial charge in [0.2, 0.25) is 0 Å². The van der Waals surface area contributed by atoms with Crippen molar-refractivity contribution in [2.75, 3.05) is 0 Å². The summed E-state index contributed by atoms with van der Waals surface area (Å²) in [5, 5.41) is 0.945. The predicted octanol–water partition coefficient (Wildman–Crippen LogP) is 7.08. The summed E-state index contributed by atoms with van der Waals surface area (Å²) in [6, 6.07) is 44.6. The Morgan fingerprint density at radius 2 is 1.36 bits per heavy atom. The molecule has 1 radical (unpaired) electrons. The molecule has 7 aromatic rings. The van der Waals surface area contributed by atoms with Crippen molar-refractivity contribution in [1.82, 2.24) is 9.97 Å². The molecule has 3 aromatic heterocycles. The first-order valence-electron chi connectivity index (χ1n) is 14.3. The van der Waals surface area contributed by atoms with E-state index in [4.69, 9.17) is 9.15 Å². The third-order valence-corrected chi connectivity index (χ3v) is 7.74. The molecule has 0 saturated heterocycles. The van der Waals surface area contributed by atoms with Crippen molar-refractivity contribution in [3.63, 3.8) is 0 Å². The van der Waals surface area contributed by atoms with Crippen molar-refractivity contribution in [1.29, 1.82) is 0 Å². The summed E-state index contributed by atoms with van der Waals surface area (Å²) in [5.74, 6) is 1.66. The van der Waals surface area contributed by atoms with E-state index in [1.807, 2.05) is 84.9 Å². The van der Waals surface area contributed by atoms with Gasteiger partial charge in [0.1, 0.15) is 17.2 Å². The Balaban J connectivity index is 0.000000222. The summed E-state index contributed by atoms with van der Waals surface area (Å²) in [7, 11) is 0. The van der Waals surface area contributed by atoms with Gasteiger partial charge < -0.3 is 19.1 Å². The summed E-state index contributed by atoms with van der Waals surface area (Å²) >= 11 is 0. The van der Waals surface area contributed by atoms with Crippen molar-refractivity contribution in [2.24, 2.45) is 0 Å². The Hall–Kier alpha value is -4.77. The monoisotopic (exact) mass is 747 g/mol. The Morgan fingerprint density at radius 3 is 2.07 bits per heavy atom. The fraction of sp³-hybridized carbons (Fsp3) is 0.0526. The van der Waals surface area contributed by atoms with Gasteiger partial charge in [-0.05, 0) is 54.3 Å². The maximum Gasteiger partial charge on any atom is 0.295 e. The first-order chi connectivity index (χ1) is 21.2. The molecule has 0 bridgehead atoms. The number of hydrogen-bond acceptors (Lipinski definition) is 4. The van der Waals surface area contributed by atoms with E-state index in [9.17, 15) is 0 Å². The Bertz CT molecular complexity index is 1970. The maximum atomic E-state index is 6.61. The van der Waals surface area contributed by atoms with Gasteiger partial charge in [-0.1, -0.05) is 82.8 Å². The van der Waals surface area contributed by atoms with Crippen LogP contribution in [0.1, 0.15) is 11.1 Å². The molecule has 44 heavy (non-hydrogen) atoms. The second kappa shape index (κ2) is 12.8. The third kappa shape index (κ3) is 5.51. The molecule has 0 spiro atoms. The fourth-order valence-electron chi connectivity index (χ4n) is 5.76. The SMILES string of the molecule is Cc1cccc(C)c1B1c2ccccc2Oc2c1oc1c(-c3ccccn3)[c-]ccc21.[Ir].[c-]1ccccc1-c1ccccn1. The van der Waals surface area contributed by atoms with E-state index in [2.05, 4.69) is 66.3 Å². The number of benzene rings is 4. The minimum Gasteiger partial charge on any atom is -0.510 e. The van der Waals surface area contributed by atoms with Crippen LogP contribution >= 0.6 is 0 Å². The average molecular weight is 747 g/mol. The largest absolute Gasteiger partial charge is 0.510 e. The Labute approximate surface area is 271 Å². The minimum absolute atomic E-state index is 0. The number of ether oxygens (including phenoxy) is 1. The van der Waals surface area contributed by atoms with E-state index in [0.717, 1.165) is 56.1 Å². The van der Waals surface area contributed by atoms with Gasteiger partial charge in [0.15, 0.2) is 0 Å². The van der Waals surface area contributed by atoms with Crippen LogP contribution in [0.25, 0.3) is 33.5 Å². The fourth-order valence-corrected chi connectivity index (χ4v) is 5.76. The van der Waals surface area contributed by atoms with Gasteiger partial charge in [0.05, 0.1) is 5.58 Å². The smallest absolute Gasteiger partial charge is 0.295 e. The standard InChI is InChI=1S/C27H19BNO2.C11H8N.Ir/c1-17-9-7-10-18(2)24(17)28-21-13-3-4-15-23(21)30-26-20-12-8-11-19(25(20)31-27(26)28)22-14-5-6-16-29-22;1-2-6-10(7-3-1)11-8-4-5-9-12-11;/h3-10,12-16H,1-2H3;1-6,8-9H;/q2*-1;. The summed E-state index contributed by atoms with van der Waals surface area (Å²) in [4.78, 5) is 8.74. The van der Waals surface area contributed by atoms with Gasteiger partial charge in [-0.3, -0.25) is 0 Å². The molecular weight excluding hydrogens is 719 g/mol. The van der Waals surface area contributed by atoms with Crippen LogP contribution in [0, 0.1) is 26.0 Å². The van der Waals surface area contributed by atoms with E-state index in [0.29, 0.717) is 0 Å². The van der Waals surface area contributed by atoms with Crippen LogP contribution in [0.4, 0.5) is 0 Å². The Morgan fingerprint density at radius 1 is 0.659 bits per heavy atom. The van der Waals surface area contributed by atoms with Crippen LogP contribution in [0.3, 0.4) is 0 Å². The molecule has 0 N–H and O–H groups in total. The Kier molecular flexibility index (Phi) is 8.56. The number of hydrogen-bond donors (Lipinski definition) is 0. The van der Waals surface area contributed by atoms with E-state index < -0.39 is 0 Å².